The van der Waals surface area contributed by atoms with Crippen LogP contribution in [-0.2, 0) is 11.2 Å². The fourth-order valence-electron chi connectivity index (χ4n) is 2.58. The maximum absolute atomic E-state index is 12.4. The highest BCUT2D eigenvalue weighted by Gasteiger charge is 2.34. The number of carbonyl (C=O) groups excluding carboxylic acids is 1. The van der Waals surface area contributed by atoms with Gasteiger partial charge in [-0.3, -0.25) is 4.79 Å². The molecule has 0 atom stereocenters. The number of carbonyl (C=O) groups is 1. The van der Waals surface area contributed by atoms with Crippen LogP contribution in [-0.4, -0.2) is 48.3 Å². The fourth-order valence-corrected chi connectivity index (χ4v) is 2.58. The highest BCUT2D eigenvalue weighted by atomic mass is 16.5. The van der Waals surface area contributed by atoms with Crippen molar-refractivity contribution >= 4 is 5.91 Å². The summed E-state index contributed by atoms with van der Waals surface area (Å²) < 4.78 is 5.02. The zero-order valence-electron chi connectivity index (χ0n) is 12.2. The molecule has 2 rings (SSSR count). The standard InChI is InChI=1S/C16H20N2O3/c1-21-12-16(20)7-10-18(11-8-16)15(19)14-4-2-13(3-5-14)6-9-17/h2-5,20H,6-8,10-12H2,1H3. The molecule has 1 heterocycles. The largest absolute Gasteiger partial charge is 0.387 e. The maximum Gasteiger partial charge on any atom is 0.253 e. The summed E-state index contributed by atoms with van der Waals surface area (Å²) in [5.41, 5.74) is 0.707. The molecule has 1 fully saturated rings. The topological polar surface area (TPSA) is 73.6 Å². The highest BCUT2D eigenvalue weighted by molar-refractivity contribution is 5.94. The Kier molecular flexibility index (Phi) is 4.94. The van der Waals surface area contributed by atoms with Gasteiger partial charge in [0, 0.05) is 25.8 Å². The van der Waals surface area contributed by atoms with Crippen molar-refractivity contribution in [3.63, 3.8) is 0 Å². The fraction of sp³-hybridized carbons (Fsp3) is 0.500. The van der Waals surface area contributed by atoms with Crippen LogP contribution in [0.5, 0.6) is 0 Å². The molecule has 0 aliphatic carbocycles. The lowest BCUT2D eigenvalue weighted by Crippen LogP contribution is -2.48. The van der Waals surface area contributed by atoms with E-state index in [1.54, 1.807) is 24.1 Å². The van der Waals surface area contributed by atoms with E-state index in [9.17, 15) is 9.90 Å². The molecule has 0 unspecified atom stereocenters. The molecule has 21 heavy (non-hydrogen) atoms. The summed E-state index contributed by atoms with van der Waals surface area (Å²) in [4.78, 5) is 14.1. The zero-order valence-corrected chi connectivity index (χ0v) is 12.2. The van der Waals surface area contributed by atoms with Gasteiger partial charge in [-0.2, -0.15) is 5.26 Å². The molecule has 1 saturated heterocycles. The molecule has 0 aromatic heterocycles. The lowest BCUT2D eigenvalue weighted by molar-refractivity contribution is -0.0662. The van der Waals surface area contributed by atoms with E-state index >= 15 is 0 Å². The molecule has 112 valence electrons. The summed E-state index contributed by atoms with van der Waals surface area (Å²) in [6, 6.07) is 9.21. The van der Waals surface area contributed by atoms with Crippen molar-refractivity contribution in [2.45, 2.75) is 24.9 Å². The van der Waals surface area contributed by atoms with Crippen LogP contribution in [0.1, 0.15) is 28.8 Å². The van der Waals surface area contributed by atoms with E-state index < -0.39 is 5.60 Å². The van der Waals surface area contributed by atoms with Gasteiger partial charge in [0.2, 0.25) is 0 Å². The van der Waals surface area contributed by atoms with Crippen molar-refractivity contribution in [1.82, 2.24) is 4.90 Å². The minimum Gasteiger partial charge on any atom is -0.387 e. The summed E-state index contributed by atoms with van der Waals surface area (Å²) in [6.07, 6.45) is 1.40. The predicted molar refractivity (Wildman–Crippen MR) is 77.7 cm³/mol. The number of likely N-dealkylation sites (tertiary alicyclic amines) is 1. The van der Waals surface area contributed by atoms with Crippen LogP contribution in [0, 0.1) is 11.3 Å². The Morgan fingerprint density at radius 2 is 2.00 bits per heavy atom. The van der Waals surface area contributed by atoms with E-state index in [1.165, 1.54) is 0 Å². The third kappa shape index (κ3) is 3.81. The van der Waals surface area contributed by atoms with Gasteiger partial charge in [0.05, 0.1) is 24.7 Å². The smallest absolute Gasteiger partial charge is 0.253 e. The van der Waals surface area contributed by atoms with Crippen LogP contribution in [0.3, 0.4) is 0 Å². The third-order valence-corrected chi connectivity index (χ3v) is 3.88. The van der Waals surface area contributed by atoms with Crippen molar-refractivity contribution in [2.75, 3.05) is 26.8 Å². The van der Waals surface area contributed by atoms with Gasteiger partial charge >= 0.3 is 0 Å². The first-order valence-electron chi connectivity index (χ1n) is 7.04. The summed E-state index contributed by atoms with van der Waals surface area (Å²) in [6.45, 7) is 1.36. The molecular weight excluding hydrogens is 268 g/mol. The number of amides is 1. The van der Waals surface area contributed by atoms with Crippen molar-refractivity contribution in [3.05, 3.63) is 35.4 Å². The maximum atomic E-state index is 12.4. The number of piperidine rings is 1. The number of ether oxygens (including phenoxy) is 1. The first kappa shape index (κ1) is 15.5. The Hall–Kier alpha value is -1.90. The van der Waals surface area contributed by atoms with Crippen LogP contribution in [0.25, 0.3) is 0 Å². The Bertz CT molecular complexity index is 525. The van der Waals surface area contributed by atoms with Crippen LogP contribution in [0.4, 0.5) is 0 Å². The van der Waals surface area contributed by atoms with Gasteiger partial charge in [-0.15, -0.1) is 0 Å². The summed E-state index contributed by atoms with van der Waals surface area (Å²) in [5.74, 6) is -0.0297. The zero-order chi connectivity index (χ0) is 15.3. The van der Waals surface area contributed by atoms with E-state index in [0.717, 1.165) is 5.56 Å². The van der Waals surface area contributed by atoms with E-state index in [-0.39, 0.29) is 5.91 Å². The Balaban J connectivity index is 1.97. The number of rotatable bonds is 4. The van der Waals surface area contributed by atoms with E-state index in [1.807, 2.05) is 12.1 Å². The summed E-state index contributed by atoms with van der Waals surface area (Å²) in [5, 5.41) is 18.9. The van der Waals surface area contributed by atoms with Crippen LogP contribution < -0.4 is 0 Å². The lowest BCUT2D eigenvalue weighted by Gasteiger charge is -2.37. The second-order valence-electron chi connectivity index (χ2n) is 5.48. The van der Waals surface area contributed by atoms with Crippen LogP contribution in [0.15, 0.2) is 24.3 Å². The van der Waals surface area contributed by atoms with Gasteiger partial charge in [0.1, 0.15) is 0 Å². The number of aliphatic hydroxyl groups is 1. The van der Waals surface area contributed by atoms with Crippen LogP contribution >= 0.6 is 0 Å². The van der Waals surface area contributed by atoms with Crippen molar-refractivity contribution in [2.24, 2.45) is 0 Å². The second kappa shape index (κ2) is 6.70. The Morgan fingerprint density at radius 3 is 2.52 bits per heavy atom. The van der Waals surface area contributed by atoms with Gasteiger partial charge in [0.25, 0.3) is 5.91 Å². The Labute approximate surface area is 124 Å². The predicted octanol–water partition coefficient (Wildman–Crippen LogP) is 1.37. The molecule has 0 radical (unpaired) electrons. The second-order valence-corrected chi connectivity index (χ2v) is 5.48. The highest BCUT2D eigenvalue weighted by Crippen LogP contribution is 2.23. The van der Waals surface area contributed by atoms with Crippen molar-refractivity contribution in [3.8, 4) is 6.07 Å². The van der Waals surface area contributed by atoms with E-state index in [2.05, 4.69) is 6.07 Å². The normalized spacial score (nSPS) is 17.3. The van der Waals surface area contributed by atoms with Crippen molar-refractivity contribution in [1.29, 1.82) is 5.26 Å². The number of nitriles is 1. The molecule has 5 heteroatoms. The molecular formula is C16H20N2O3. The van der Waals surface area contributed by atoms with Gasteiger partial charge < -0.3 is 14.7 Å². The van der Waals surface area contributed by atoms with Gasteiger partial charge in [-0.05, 0) is 30.5 Å². The number of benzene rings is 1. The average Bonchev–Trinajstić information content (AvgIpc) is 2.48. The number of hydrogen-bond acceptors (Lipinski definition) is 4. The number of nitrogens with zero attached hydrogens (tertiary/aromatic N) is 2. The average molecular weight is 288 g/mol. The number of methoxy groups -OCH3 is 1. The molecule has 1 aromatic carbocycles. The van der Waals surface area contributed by atoms with Gasteiger partial charge in [-0.1, -0.05) is 12.1 Å². The minimum atomic E-state index is -0.817. The van der Waals surface area contributed by atoms with Gasteiger partial charge in [0.15, 0.2) is 0 Å². The lowest BCUT2D eigenvalue weighted by atomic mass is 9.92. The molecule has 0 bridgehead atoms. The summed E-state index contributed by atoms with van der Waals surface area (Å²) in [7, 11) is 1.57. The Morgan fingerprint density at radius 1 is 1.38 bits per heavy atom. The molecule has 1 amide bonds. The molecule has 0 spiro atoms. The quantitative estimate of drug-likeness (QED) is 0.908. The van der Waals surface area contributed by atoms with E-state index in [0.29, 0.717) is 44.5 Å². The third-order valence-electron chi connectivity index (χ3n) is 3.88. The SMILES string of the molecule is COCC1(O)CCN(C(=O)c2ccc(CC#N)cc2)CC1. The van der Waals surface area contributed by atoms with Gasteiger partial charge in [-0.25, -0.2) is 0 Å². The first-order valence-corrected chi connectivity index (χ1v) is 7.04. The first-order chi connectivity index (χ1) is 10.1. The molecule has 1 N–H and O–H groups in total. The molecule has 1 aliphatic heterocycles. The van der Waals surface area contributed by atoms with Crippen LogP contribution in [0.2, 0.25) is 0 Å². The number of hydrogen-bond donors (Lipinski definition) is 1. The summed E-state index contributed by atoms with van der Waals surface area (Å²) >= 11 is 0. The molecule has 1 aliphatic rings. The minimum absolute atomic E-state index is 0.0297. The van der Waals surface area contributed by atoms with E-state index in [4.69, 9.17) is 10.00 Å². The molecule has 1 aromatic rings. The molecule has 0 saturated carbocycles. The van der Waals surface area contributed by atoms with Crippen molar-refractivity contribution < 1.29 is 14.6 Å². The molecule has 5 nitrogen and oxygen atoms in total. The monoisotopic (exact) mass is 288 g/mol.